The summed E-state index contributed by atoms with van der Waals surface area (Å²) in [6.45, 7) is -0.154. The van der Waals surface area contributed by atoms with Gasteiger partial charge in [-0.05, 0) is 12.0 Å². The number of hydrogen-bond acceptors (Lipinski definition) is 2. The summed E-state index contributed by atoms with van der Waals surface area (Å²) in [5.41, 5.74) is 0.761. The van der Waals surface area contributed by atoms with E-state index in [2.05, 4.69) is 5.32 Å². The number of aliphatic hydroxyl groups is 1. The molecule has 0 fully saturated rings. The molecule has 0 aliphatic rings. The van der Waals surface area contributed by atoms with Gasteiger partial charge < -0.3 is 10.4 Å². The van der Waals surface area contributed by atoms with Gasteiger partial charge in [-0.3, -0.25) is 4.79 Å². The molecule has 0 saturated carbocycles. The average Bonchev–Trinajstić information content (AvgIpc) is 2.36. The van der Waals surface area contributed by atoms with Crippen LogP contribution in [0.3, 0.4) is 0 Å². The highest BCUT2D eigenvalue weighted by molar-refractivity contribution is 5.76. The Hall–Kier alpha value is -1.56. The van der Waals surface area contributed by atoms with Gasteiger partial charge in [-0.1, -0.05) is 30.3 Å². The Bertz CT molecular complexity index is 393. The highest BCUT2D eigenvalue weighted by atomic mass is 19.4. The van der Waals surface area contributed by atoms with Gasteiger partial charge >= 0.3 is 6.18 Å². The smallest absolute Gasteiger partial charge is 0.389 e. The van der Waals surface area contributed by atoms with Crippen LogP contribution >= 0.6 is 0 Å². The number of carbonyl (C=O) groups is 1. The second-order valence-corrected chi connectivity index (χ2v) is 4.16. The van der Waals surface area contributed by atoms with Gasteiger partial charge in [0.15, 0.2) is 0 Å². The number of halogens is 3. The van der Waals surface area contributed by atoms with E-state index in [-0.39, 0.29) is 13.0 Å². The summed E-state index contributed by atoms with van der Waals surface area (Å²) in [6.07, 6.45) is -5.81. The number of aliphatic hydroxyl groups excluding tert-OH is 1. The summed E-state index contributed by atoms with van der Waals surface area (Å²) in [4.78, 5) is 11.5. The van der Waals surface area contributed by atoms with Crippen molar-refractivity contribution in [2.45, 2.75) is 31.5 Å². The first-order valence-corrected chi connectivity index (χ1v) is 5.94. The van der Waals surface area contributed by atoms with Crippen LogP contribution in [0.1, 0.15) is 30.9 Å². The minimum atomic E-state index is -4.34. The molecule has 0 heterocycles. The predicted molar refractivity (Wildman–Crippen MR) is 64.3 cm³/mol. The van der Waals surface area contributed by atoms with Gasteiger partial charge in [0, 0.05) is 13.0 Å². The number of nitrogens with one attached hydrogen (secondary N) is 1. The van der Waals surface area contributed by atoms with E-state index >= 15 is 0 Å². The molecule has 1 aromatic rings. The molecule has 106 valence electrons. The second kappa shape index (κ2) is 7.13. The van der Waals surface area contributed by atoms with Crippen LogP contribution in [0.15, 0.2) is 30.3 Å². The molecule has 0 aromatic heterocycles. The maximum absolute atomic E-state index is 12.0. The van der Waals surface area contributed by atoms with E-state index in [1.165, 1.54) is 0 Å². The Labute approximate surface area is 109 Å². The van der Waals surface area contributed by atoms with E-state index in [0.29, 0.717) is 0 Å². The van der Waals surface area contributed by atoms with Crippen LogP contribution in [0, 0.1) is 0 Å². The van der Waals surface area contributed by atoms with Crippen molar-refractivity contribution in [3.8, 4) is 0 Å². The van der Waals surface area contributed by atoms with E-state index in [9.17, 15) is 18.0 Å². The molecule has 0 radical (unpaired) electrons. The van der Waals surface area contributed by atoms with Gasteiger partial charge in [-0.15, -0.1) is 0 Å². The normalized spacial score (nSPS) is 13.1. The van der Waals surface area contributed by atoms with Crippen molar-refractivity contribution in [3.63, 3.8) is 0 Å². The fraction of sp³-hybridized carbons (Fsp3) is 0.462. The fourth-order valence-electron chi connectivity index (χ4n) is 1.66. The first kappa shape index (κ1) is 15.5. The minimum absolute atomic E-state index is 0.154. The molecule has 1 rings (SSSR count). The molecule has 0 aliphatic carbocycles. The zero-order valence-electron chi connectivity index (χ0n) is 10.3. The third-order valence-electron chi connectivity index (χ3n) is 2.59. The lowest BCUT2D eigenvalue weighted by Crippen LogP contribution is -2.30. The Kier molecular flexibility index (Phi) is 5.82. The van der Waals surface area contributed by atoms with Gasteiger partial charge in [-0.2, -0.15) is 13.2 Å². The quantitative estimate of drug-likeness (QED) is 0.838. The number of alkyl halides is 3. The molecule has 1 atom stereocenters. The topological polar surface area (TPSA) is 49.3 Å². The van der Waals surface area contributed by atoms with E-state index in [4.69, 9.17) is 5.11 Å². The molecule has 0 aliphatic heterocycles. The monoisotopic (exact) mass is 275 g/mol. The van der Waals surface area contributed by atoms with Crippen LogP contribution in [0.4, 0.5) is 13.2 Å². The molecular formula is C13H16F3NO2. The van der Waals surface area contributed by atoms with Gasteiger partial charge in [0.25, 0.3) is 0 Å². The molecule has 1 unspecified atom stereocenters. The SMILES string of the molecule is O=C(CCC(F)(F)F)NC(CCO)c1ccccc1. The number of benzene rings is 1. The Morgan fingerprint density at radius 2 is 1.89 bits per heavy atom. The Balaban J connectivity index is 2.57. The first-order valence-electron chi connectivity index (χ1n) is 5.94. The molecule has 1 aromatic carbocycles. The second-order valence-electron chi connectivity index (χ2n) is 4.16. The van der Waals surface area contributed by atoms with Gasteiger partial charge in [0.2, 0.25) is 5.91 Å². The predicted octanol–water partition coefficient (Wildman–Crippen LogP) is 2.57. The number of hydrogen-bond donors (Lipinski definition) is 2. The number of rotatable bonds is 6. The molecular weight excluding hydrogens is 259 g/mol. The highest BCUT2D eigenvalue weighted by Crippen LogP contribution is 2.22. The van der Waals surface area contributed by atoms with Crippen LogP contribution in [-0.4, -0.2) is 23.8 Å². The van der Waals surface area contributed by atoms with Crippen molar-refractivity contribution in [1.29, 1.82) is 0 Å². The van der Waals surface area contributed by atoms with Crippen LogP contribution in [-0.2, 0) is 4.79 Å². The number of amides is 1. The van der Waals surface area contributed by atoms with Crippen molar-refractivity contribution in [3.05, 3.63) is 35.9 Å². The van der Waals surface area contributed by atoms with Gasteiger partial charge in [0.1, 0.15) is 0 Å². The largest absolute Gasteiger partial charge is 0.396 e. The Morgan fingerprint density at radius 1 is 1.26 bits per heavy atom. The number of carbonyl (C=O) groups excluding carboxylic acids is 1. The summed E-state index contributed by atoms with van der Waals surface area (Å²) in [5, 5.41) is 11.4. The highest BCUT2D eigenvalue weighted by Gasteiger charge is 2.28. The van der Waals surface area contributed by atoms with Crippen molar-refractivity contribution in [2.75, 3.05) is 6.61 Å². The maximum atomic E-state index is 12.0. The van der Waals surface area contributed by atoms with E-state index in [1.807, 2.05) is 0 Å². The molecule has 0 spiro atoms. The summed E-state index contributed by atoms with van der Waals surface area (Å²) in [7, 11) is 0. The molecule has 1 amide bonds. The minimum Gasteiger partial charge on any atom is -0.396 e. The lowest BCUT2D eigenvalue weighted by atomic mass is 10.0. The van der Waals surface area contributed by atoms with Crippen molar-refractivity contribution < 1.29 is 23.1 Å². The molecule has 19 heavy (non-hydrogen) atoms. The summed E-state index contributed by atoms with van der Waals surface area (Å²) >= 11 is 0. The molecule has 0 saturated heterocycles. The zero-order chi connectivity index (χ0) is 14.3. The third kappa shape index (κ3) is 6.24. The summed E-state index contributed by atoms with van der Waals surface area (Å²) < 4.78 is 36.0. The van der Waals surface area contributed by atoms with E-state index < -0.39 is 31.0 Å². The van der Waals surface area contributed by atoms with Crippen LogP contribution in [0.5, 0.6) is 0 Å². The summed E-state index contributed by atoms with van der Waals surface area (Å²) in [6, 6.07) is 8.37. The van der Waals surface area contributed by atoms with Crippen molar-refractivity contribution in [2.24, 2.45) is 0 Å². The van der Waals surface area contributed by atoms with Crippen molar-refractivity contribution in [1.82, 2.24) is 5.32 Å². The van der Waals surface area contributed by atoms with Crippen LogP contribution in [0.25, 0.3) is 0 Å². The average molecular weight is 275 g/mol. The third-order valence-corrected chi connectivity index (χ3v) is 2.59. The van der Waals surface area contributed by atoms with Gasteiger partial charge in [0.05, 0.1) is 12.5 Å². The van der Waals surface area contributed by atoms with Crippen molar-refractivity contribution >= 4 is 5.91 Å². The van der Waals surface area contributed by atoms with E-state index in [1.54, 1.807) is 30.3 Å². The standard InChI is InChI=1S/C13H16F3NO2/c14-13(15,16)8-6-12(19)17-11(7-9-18)10-4-2-1-3-5-10/h1-5,11,18H,6-9H2,(H,17,19). The lowest BCUT2D eigenvalue weighted by Gasteiger charge is -2.18. The molecule has 0 bridgehead atoms. The Morgan fingerprint density at radius 3 is 2.42 bits per heavy atom. The van der Waals surface area contributed by atoms with E-state index in [0.717, 1.165) is 5.56 Å². The molecule has 3 nitrogen and oxygen atoms in total. The van der Waals surface area contributed by atoms with Crippen LogP contribution in [0.2, 0.25) is 0 Å². The molecule has 6 heteroatoms. The zero-order valence-corrected chi connectivity index (χ0v) is 10.3. The van der Waals surface area contributed by atoms with Gasteiger partial charge in [-0.25, -0.2) is 0 Å². The first-order chi connectivity index (χ1) is 8.92. The summed E-state index contributed by atoms with van der Waals surface area (Å²) in [5.74, 6) is -0.667. The maximum Gasteiger partial charge on any atom is 0.389 e. The van der Waals surface area contributed by atoms with Crippen LogP contribution < -0.4 is 5.32 Å². The molecule has 2 N–H and O–H groups in total. The fourth-order valence-corrected chi connectivity index (χ4v) is 1.66. The lowest BCUT2D eigenvalue weighted by molar-refractivity contribution is -0.144.